The molecule has 0 bridgehead atoms. The Bertz CT molecular complexity index is 1020. The molecule has 170 valence electrons. The van der Waals surface area contributed by atoms with Gasteiger partial charge in [-0.25, -0.2) is 0 Å². The molecule has 0 saturated carbocycles. The molecule has 0 heterocycles. The third-order valence-corrected chi connectivity index (χ3v) is 4.95. The van der Waals surface area contributed by atoms with E-state index >= 15 is 0 Å². The lowest BCUT2D eigenvalue weighted by Gasteiger charge is -2.23. The Balaban J connectivity index is 2.27. The van der Waals surface area contributed by atoms with Crippen molar-refractivity contribution in [2.45, 2.75) is 0 Å². The molecule has 32 heavy (non-hydrogen) atoms. The second kappa shape index (κ2) is 11.1. The van der Waals surface area contributed by atoms with Crippen molar-refractivity contribution in [1.29, 1.82) is 0 Å². The lowest BCUT2D eigenvalue weighted by molar-refractivity contribution is -0.140. The smallest absolute Gasteiger partial charge is 0.174 e. The number of aromatic hydroxyl groups is 1. The van der Waals surface area contributed by atoms with Gasteiger partial charge in [0.05, 0.1) is 34.5 Å². The molecule has 2 aromatic rings. The fourth-order valence-corrected chi connectivity index (χ4v) is 2.90. The van der Waals surface area contributed by atoms with E-state index in [-0.39, 0.29) is 11.5 Å². The fourth-order valence-electron chi connectivity index (χ4n) is 2.90. The number of methoxy groups -OCH3 is 3. The van der Waals surface area contributed by atoms with Crippen molar-refractivity contribution in [3.05, 3.63) is 59.7 Å². The molecule has 0 unspecified atom stereocenters. The van der Waals surface area contributed by atoms with Crippen molar-refractivity contribution in [2.75, 3.05) is 34.5 Å². The average molecular weight is 442 g/mol. The Hall–Kier alpha value is -3.62. The molecule has 0 aliphatic carbocycles. The lowest BCUT2D eigenvalue weighted by atomic mass is 9.80. The molecule has 0 radical (unpaired) electrons. The number of hydrogen-bond acceptors (Lipinski definition) is 8. The van der Waals surface area contributed by atoms with Crippen LogP contribution in [0.25, 0.3) is 12.2 Å². The van der Waals surface area contributed by atoms with Gasteiger partial charge in [-0.1, -0.05) is 24.3 Å². The highest BCUT2D eigenvalue weighted by molar-refractivity contribution is 6.17. The first-order valence-corrected chi connectivity index (χ1v) is 9.61. The minimum atomic E-state index is -2.04. The molecular formula is C24H26O8. The zero-order valence-corrected chi connectivity index (χ0v) is 18.1. The summed E-state index contributed by atoms with van der Waals surface area (Å²) in [6, 6.07) is 9.42. The van der Waals surface area contributed by atoms with Crippen molar-refractivity contribution in [2.24, 2.45) is 5.41 Å². The molecule has 2 aromatic carbocycles. The van der Waals surface area contributed by atoms with Crippen molar-refractivity contribution < 1.29 is 39.1 Å². The molecular weight excluding hydrogens is 416 g/mol. The topological polar surface area (TPSA) is 123 Å². The Morgan fingerprint density at radius 3 is 1.72 bits per heavy atom. The van der Waals surface area contributed by atoms with Crippen LogP contribution in [0.1, 0.15) is 11.1 Å². The van der Waals surface area contributed by atoms with E-state index in [1.807, 2.05) is 0 Å². The highest BCUT2D eigenvalue weighted by atomic mass is 16.5. The number of aliphatic hydroxyl groups excluding tert-OH is 2. The summed E-state index contributed by atoms with van der Waals surface area (Å²) >= 11 is 0. The Kier molecular flexibility index (Phi) is 8.57. The summed E-state index contributed by atoms with van der Waals surface area (Å²) in [6.45, 7) is -1.75. The summed E-state index contributed by atoms with van der Waals surface area (Å²) in [5, 5.41) is 29.3. The molecule has 0 aromatic heterocycles. The lowest BCUT2D eigenvalue weighted by Crippen LogP contribution is -2.44. The number of allylic oxidation sites excluding steroid dienone is 2. The van der Waals surface area contributed by atoms with Gasteiger partial charge >= 0.3 is 0 Å². The number of carbonyl (C=O) groups excluding carboxylic acids is 2. The van der Waals surface area contributed by atoms with E-state index in [1.165, 1.54) is 45.6 Å². The maximum absolute atomic E-state index is 12.8. The molecule has 0 aliphatic heterocycles. The maximum Gasteiger partial charge on any atom is 0.174 e. The van der Waals surface area contributed by atoms with Gasteiger partial charge in [-0.3, -0.25) is 9.59 Å². The SMILES string of the molecule is COc1cc(/C=C/C(=O)C(CO)(CO)C(=O)/C=C/c2ccc(OC)c(OC)c2)ccc1O. The first-order chi connectivity index (χ1) is 15.3. The van der Waals surface area contributed by atoms with Crippen molar-refractivity contribution in [3.63, 3.8) is 0 Å². The zero-order chi connectivity index (χ0) is 23.7. The summed E-state index contributed by atoms with van der Waals surface area (Å²) in [5.41, 5.74) is -0.920. The van der Waals surface area contributed by atoms with Crippen LogP contribution in [0.2, 0.25) is 0 Å². The Labute approximate surface area is 186 Å². The van der Waals surface area contributed by atoms with Crippen LogP contribution in [0.15, 0.2) is 48.6 Å². The van der Waals surface area contributed by atoms with Crippen molar-refractivity contribution in [1.82, 2.24) is 0 Å². The number of ether oxygens (including phenoxy) is 3. The number of phenolic OH excluding ortho intramolecular Hbond substituents is 1. The average Bonchev–Trinajstić information content (AvgIpc) is 2.82. The molecule has 0 amide bonds. The van der Waals surface area contributed by atoms with Crippen LogP contribution in [-0.2, 0) is 9.59 Å². The van der Waals surface area contributed by atoms with Gasteiger partial charge < -0.3 is 29.5 Å². The van der Waals surface area contributed by atoms with Crippen LogP contribution in [0.4, 0.5) is 0 Å². The van der Waals surface area contributed by atoms with E-state index in [0.29, 0.717) is 22.6 Å². The van der Waals surface area contributed by atoms with E-state index < -0.39 is 30.2 Å². The second-order valence-corrected chi connectivity index (χ2v) is 6.84. The van der Waals surface area contributed by atoms with E-state index in [1.54, 1.807) is 24.3 Å². The van der Waals surface area contributed by atoms with Crippen LogP contribution >= 0.6 is 0 Å². The largest absolute Gasteiger partial charge is 0.504 e. The quantitative estimate of drug-likeness (QED) is 0.358. The monoisotopic (exact) mass is 442 g/mol. The molecule has 0 aliphatic rings. The van der Waals surface area contributed by atoms with Crippen molar-refractivity contribution in [3.8, 4) is 23.0 Å². The molecule has 0 fully saturated rings. The number of carbonyl (C=O) groups is 2. The van der Waals surface area contributed by atoms with Crippen LogP contribution in [0.5, 0.6) is 23.0 Å². The van der Waals surface area contributed by atoms with E-state index in [2.05, 4.69) is 0 Å². The summed E-state index contributed by atoms with van der Waals surface area (Å²) in [6.07, 6.45) is 5.07. The van der Waals surface area contributed by atoms with Gasteiger partial charge in [0.1, 0.15) is 5.41 Å². The standard InChI is InChI=1S/C24H26O8/c1-30-19-9-5-17(13-21(19)32-3)7-11-23(29)24(14-25,15-26)22(28)10-6-16-4-8-18(27)20(12-16)31-2/h4-13,25-27H,14-15H2,1-3H3/b10-6+,11-7+. The minimum Gasteiger partial charge on any atom is -0.504 e. The summed E-state index contributed by atoms with van der Waals surface area (Å²) in [5.74, 6) is -0.398. The summed E-state index contributed by atoms with van der Waals surface area (Å²) in [4.78, 5) is 25.6. The van der Waals surface area contributed by atoms with Crippen LogP contribution in [0, 0.1) is 5.41 Å². The highest BCUT2D eigenvalue weighted by Gasteiger charge is 2.42. The summed E-state index contributed by atoms with van der Waals surface area (Å²) in [7, 11) is 4.37. The Morgan fingerprint density at radius 2 is 1.25 bits per heavy atom. The normalized spacial score (nSPS) is 11.7. The number of aliphatic hydroxyl groups is 2. The third kappa shape index (κ3) is 5.35. The number of rotatable bonds is 11. The Morgan fingerprint density at radius 1 is 0.781 bits per heavy atom. The third-order valence-electron chi connectivity index (χ3n) is 4.95. The predicted octanol–water partition coefficient (Wildman–Crippen LogP) is 2.25. The zero-order valence-electron chi connectivity index (χ0n) is 18.1. The molecule has 3 N–H and O–H groups in total. The highest BCUT2D eigenvalue weighted by Crippen LogP contribution is 2.29. The molecule has 0 spiro atoms. The van der Waals surface area contributed by atoms with Gasteiger partial charge in [0.15, 0.2) is 34.6 Å². The number of ketones is 2. The van der Waals surface area contributed by atoms with E-state index in [0.717, 1.165) is 12.2 Å². The molecule has 8 heteroatoms. The maximum atomic E-state index is 12.8. The van der Waals surface area contributed by atoms with Crippen molar-refractivity contribution >= 4 is 23.7 Å². The number of benzene rings is 2. The summed E-state index contributed by atoms with van der Waals surface area (Å²) < 4.78 is 15.4. The predicted molar refractivity (Wildman–Crippen MR) is 119 cm³/mol. The van der Waals surface area contributed by atoms with Crippen LogP contribution in [0.3, 0.4) is 0 Å². The first kappa shape index (κ1) is 24.6. The number of phenols is 1. The van der Waals surface area contributed by atoms with Gasteiger partial charge in [-0.05, 0) is 47.5 Å². The van der Waals surface area contributed by atoms with Gasteiger partial charge in [-0.2, -0.15) is 0 Å². The van der Waals surface area contributed by atoms with Crippen LogP contribution in [-0.4, -0.2) is 61.4 Å². The van der Waals surface area contributed by atoms with E-state index in [4.69, 9.17) is 14.2 Å². The van der Waals surface area contributed by atoms with Gasteiger partial charge in [0.25, 0.3) is 0 Å². The first-order valence-electron chi connectivity index (χ1n) is 9.61. The fraction of sp³-hybridized carbons (Fsp3) is 0.250. The molecule has 2 rings (SSSR count). The number of hydrogen-bond donors (Lipinski definition) is 3. The van der Waals surface area contributed by atoms with Gasteiger partial charge in [0.2, 0.25) is 0 Å². The molecule has 0 atom stereocenters. The van der Waals surface area contributed by atoms with E-state index in [9.17, 15) is 24.9 Å². The van der Waals surface area contributed by atoms with Crippen LogP contribution < -0.4 is 14.2 Å². The minimum absolute atomic E-state index is 0.0634. The molecule has 0 saturated heterocycles. The second-order valence-electron chi connectivity index (χ2n) is 6.84. The van der Waals surface area contributed by atoms with Gasteiger partial charge in [0, 0.05) is 0 Å². The molecule has 8 nitrogen and oxygen atoms in total. The van der Waals surface area contributed by atoms with Gasteiger partial charge in [-0.15, -0.1) is 0 Å².